The van der Waals surface area contributed by atoms with E-state index in [-0.39, 0.29) is 18.5 Å². The van der Waals surface area contributed by atoms with Crippen LogP contribution in [0.3, 0.4) is 0 Å². The minimum absolute atomic E-state index is 0.119. The van der Waals surface area contributed by atoms with Gasteiger partial charge < -0.3 is 14.4 Å². The van der Waals surface area contributed by atoms with Crippen molar-refractivity contribution >= 4 is 17.4 Å². The Bertz CT molecular complexity index is 1250. The van der Waals surface area contributed by atoms with Crippen molar-refractivity contribution in [2.75, 3.05) is 32.8 Å². The van der Waals surface area contributed by atoms with Gasteiger partial charge in [0.15, 0.2) is 0 Å². The predicted octanol–water partition coefficient (Wildman–Crippen LogP) is 5.39. The summed E-state index contributed by atoms with van der Waals surface area (Å²) in [6.45, 7) is 6.93. The quantitative estimate of drug-likeness (QED) is 0.453. The van der Waals surface area contributed by atoms with Crippen LogP contribution >= 0.6 is 11.6 Å². The Hall–Kier alpha value is -2.74. The fourth-order valence-corrected chi connectivity index (χ4v) is 5.89. The number of allylic oxidation sites excluding steroid dienone is 2. The Balaban J connectivity index is 1.05. The molecule has 3 aliphatic heterocycles. The number of ether oxygens (including phenoxy) is 2. The number of amidine groups is 1. The molecule has 6 nitrogen and oxygen atoms in total. The lowest BCUT2D eigenvalue weighted by Gasteiger charge is -2.38. The molecule has 0 bridgehead atoms. The van der Waals surface area contributed by atoms with E-state index < -0.39 is 0 Å². The first-order valence-electron chi connectivity index (χ1n) is 13.6. The van der Waals surface area contributed by atoms with Gasteiger partial charge in [-0.05, 0) is 57.5 Å². The topological polar surface area (TPSA) is 50.2 Å². The van der Waals surface area contributed by atoms with Crippen molar-refractivity contribution in [2.24, 2.45) is 4.99 Å². The summed E-state index contributed by atoms with van der Waals surface area (Å²) in [7, 11) is 0. The predicted molar refractivity (Wildman–Crippen MR) is 147 cm³/mol. The number of aliphatic imine (C=N–C) groups is 1. The van der Waals surface area contributed by atoms with E-state index in [1.165, 1.54) is 17.5 Å². The fraction of sp³-hybridized carbons (Fsp3) is 0.467. The molecule has 0 amide bonds. The standard InChI is InChI=1S/C30H34ClFN4O2/c1-20-5-8-28-27(15-20)33-29(36(28)17-24-11-14-37-24)18-35-12-9-21(10-13-35)26-3-2-4-30(34-26)38-19-22-6-7-23(31)16-25(22)32/h2-8,15-16,21,24,27-28H,9-14,17-19H2,1H3. The van der Waals surface area contributed by atoms with E-state index in [0.29, 0.717) is 34.5 Å². The maximum Gasteiger partial charge on any atom is 0.213 e. The van der Waals surface area contributed by atoms with Crippen LogP contribution in [0.25, 0.3) is 0 Å². The lowest BCUT2D eigenvalue weighted by Crippen LogP contribution is -2.50. The SMILES string of the molecule is CC1=CC2N=C(CN3CCC(c4cccc(OCc5ccc(Cl)cc5F)n4)CC3)N(CC3CCO3)C2C=C1. The molecule has 1 aliphatic carbocycles. The summed E-state index contributed by atoms with van der Waals surface area (Å²) in [6, 6.07) is 11.0. The number of halogens is 2. The molecule has 3 unspecified atom stereocenters. The van der Waals surface area contributed by atoms with E-state index in [2.05, 4.69) is 41.0 Å². The van der Waals surface area contributed by atoms with Crippen molar-refractivity contribution in [1.82, 2.24) is 14.8 Å². The second-order valence-corrected chi connectivity index (χ2v) is 11.1. The molecule has 200 valence electrons. The van der Waals surface area contributed by atoms with Gasteiger partial charge in [-0.1, -0.05) is 47.5 Å². The van der Waals surface area contributed by atoms with Gasteiger partial charge in [0.25, 0.3) is 0 Å². The number of hydrogen-bond donors (Lipinski definition) is 0. The van der Waals surface area contributed by atoms with Gasteiger partial charge in [-0.2, -0.15) is 0 Å². The van der Waals surface area contributed by atoms with Crippen molar-refractivity contribution in [3.05, 3.63) is 82.3 Å². The minimum atomic E-state index is -0.367. The molecule has 4 aliphatic rings. The Morgan fingerprint density at radius 3 is 2.76 bits per heavy atom. The number of fused-ring (bicyclic) bond motifs is 1. The Morgan fingerprint density at radius 2 is 2.00 bits per heavy atom. The molecule has 0 radical (unpaired) electrons. The van der Waals surface area contributed by atoms with Gasteiger partial charge in [-0.3, -0.25) is 9.89 Å². The summed E-state index contributed by atoms with van der Waals surface area (Å²) in [5.74, 6) is 1.72. The van der Waals surface area contributed by atoms with Gasteiger partial charge in [0.1, 0.15) is 18.3 Å². The summed E-state index contributed by atoms with van der Waals surface area (Å²) >= 11 is 5.85. The van der Waals surface area contributed by atoms with Crippen molar-refractivity contribution in [1.29, 1.82) is 0 Å². The summed E-state index contributed by atoms with van der Waals surface area (Å²) in [5.41, 5.74) is 2.79. The number of aromatic nitrogens is 1. The van der Waals surface area contributed by atoms with Crippen LogP contribution in [0.1, 0.15) is 43.4 Å². The number of nitrogens with zero attached hydrogens (tertiary/aromatic N) is 4. The molecule has 8 heteroatoms. The van der Waals surface area contributed by atoms with E-state index in [1.807, 2.05) is 12.1 Å². The number of pyridine rings is 1. The molecule has 38 heavy (non-hydrogen) atoms. The number of piperidine rings is 1. The summed E-state index contributed by atoms with van der Waals surface area (Å²) in [5, 5.41) is 0.375. The van der Waals surface area contributed by atoms with Crippen LogP contribution in [0.15, 0.2) is 65.2 Å². The summed E-state index contributed by atoms with van der Waals surface area (Å²) < 4.78 is 25.7. The number of hydrogen-bond acceptors (Lipinski definition) is 6. The summed E-state index contributed by atoms with van der Waals surface area (Å²) in [6.07, 6.45) is 10.3. The number of rotatable bonds is 8. The molecule has 2 fully saturated rings. The first-order chi connectivity index (χ1) is 18.5. The Kier molecular flexibility index (Phi) is 7.50. The summed E-state index contributed by atoms with van der Waals surface area (Å²) in [4.78, 5) is 14.9. The molecule has 0 spiro atoms. The zero-order valence-electron chi connectivity index (χ0n) is 21.7. The van der Waals surface area contributed by atoms with Crippen LogP contribution in [0.5, 0.6) is 5.88 Å². The largest absolute Gasteiger partial charge is 0.473 e. The van der Waals surface area contributed by atoms with Crippen LogP contribution in [-0.2, 0) is 11.3 Å². The molecule has 0 saturated carbocycles. The molecular weight excluding hydrogens is 503 g/mol. The van der Waals surface area contributed by atoms with Gasteiger partial charge in [0.05, 0.1) is 24.7 Å². The van der Waals surface area contributed by atoms with Crippen molar-refractivity contribution < 1.29 is 13.9 Å². The molecule has 2 aromatic rings. The Labute approximate surface area is 228 Å². The van der Waals surface area contributed by atoms with Gasteiger partial charge in [0, 0.05) is 41.4 Å². The lowest BCUT2D eigenvalue weighted by molar-refractivity contribution is -0.0605. The maximum atomic E-state index is 14.1. The second kappa shape index (κ2) is 11.2. The first-order valence-corrected chi connectivity index (χ1v) is 14.0. The van der Waals surface area contributed by atoms with E-state index in [0.717, 1.165) is 57.7 Å². The fourth-order valence-electron chi connectivity index (χ4n) is 5.73. The molecule has 3 atom stereocenters. The van der Waals surface area contributed by atoms with Crippen LogP contribution in [0.2, 0.25) is 5.02 Å². The monoisotopic (exact) mass is 536 g/mol. The highest BCUT2D eigenvalue weighted by atomic mass is 35.5. The molecule has 2 saturated heterocycles. The third-order valence-electron chi connectivity index (χ3n) is 8.03. The van der Waals surface area contributed by atoms with Crippen LogP contribution in [-0.4, -0.2) is 71.6 Å². The van der Waals surface area contributed by atoms with Gasteiger partial charge in [0.2, 0.25) is 5.88 Å². The van der Waals surface area contributed by atoms with E-state index in [4.69, 9.17) is 31.1 Å². The molecule has 0 N–H and O–H groups in total. The zero-order valence-corrected chi connectivity index (χ0v) is 22.5. The van der Waals surface area contributed by atoms with Crippen molar-refractivity contribution in [3.8, 4) is 5.88 Å². The van der Waals surface area contributed by atoms with Gasteiger partial charge in [-0.15, -0.1) is 0 Å². The molecule has 4 heterocycles. The lowest BCUT2D eigenvalue weighted by atomic mass is 9.93. The average Bonchev–Trinajstić information content (AvgIpc) is 3.22. The first kappa shape index (κ1) is 25.5. The van der Waals surface area contributed by atoms with Crippen LogP contribution in [0.4, 0.5) is 4.39 Å². The van der Waals surface area contributed by atoms with Crippen LogP contribution < -0.4 is 4.74 Å². The highest BCUT2D eigenvalue weighted by Gasteiger charge is 2.38. The van der Waals surface area contributed by atoms with Gasteiger partial charge >= 0.3 is 0 Å². The smallest absolute Gasteiger partial charge is 0.213 e. The number of likely N-dealkylation sites (tertiary alicyclic amines) is 1. The normalized spacial score (nSPS) is 25.6. The Morgan fingerprint density at radius 1 is 1.16 bits per heavy atom. The molecule has 1 aromatic carbocycles. The van der Waals surface area contributed by atoms with E-state index in [9.17, 15) is 4.39 Å². The molecule has 6 rings (SSSR count). The maximum absolute atomic E-state index is 14.1. The van der Waals surface area contributed by atoms with Crippen molar-refractivity contribution in [2.45, 2.75) is 56.9 Å². The third kappa shape index (κ3) is 5.65. The second-order valence-electron chi connectivity index (χ2n) is 10.7. The highest BCUT2D eigenvalue weighted by molar-refractivity contribution is 6.30. The van der Waals surface area contributed by atoms with E-state index in [1.54, 1.807) is 12.1 Å². The van der Waals surface area contributed by atoms with Crippen molar-refractivity contribution in [3.63, 3.8) is 0 Å². The molecule has 1 aromatic heterocycles. The third-order valence-corrected chi connectivity index (χ3v) is 8.26. The van der Waals surface area contributed by atoms with Crippen LogP contribution in [0, 0.1) is 5.82 Å². The number of benzene rings is 1. The van der Waals surface area contributed by atoms with Gasteiger partial charge in [-0.25, -0.2) is 9.37 Å². The molecular formula is C30H34ClFN4O2. The van der Waals surface area contributed by atoms with E-state index >= 15 is 0 Å². The minimum Gasteiger partial charge on any atom is -0.473 e. The average molecular weight is 537 g/mol. The highest BCUT2D eigenvalue weighted by Crippen LogP contribution is 2.31. The zero-order chi connectivity index (χ0) is 26.1.